The van der Waals surface area contributed by atoms with Gasteiger partial charge in [-0.1, -0.05) is 18.2 Å². The highest BCUT2D eigenvalue weighted by atomic mass is 16.5. The van der Waals surface area contributed by atoms with Crippen LogP contribution in [-0.4, -0.2) is 23.8 Å². The quantitative estimate of drug-likeness (QED) is 0.843. The minimum atomic E-state index is -1.05. The maximum absolute atomic E-state index is 10.9. The Bertz CT molecular complexity index is 659. The van der Waals surface area contributed by atoms with Crippen molar-refractivity contribution in [3.63, 3.8) is 0 Å². The van der Waals surface area contributed by atoms with Gasteiger partial charge in [-0.15, -0.1) is 0 Å². The van der Waals surface area contributed by atoms with E-state index in [1.807, 2.05) is 24.3 Å². The minimum Gasteiger partial charge on any atom is -0.490 e. The number of fused-ring (bicyclic) bond motifs is 1. The van der Waals surface area contributed by atoms with E-state index in [1.54, 1.807) is 6.07 Å². The van der Waals surface area contributed by atoms with Gasteiger partial charge in [-0.3, -0.25) is 0 Å². The third-order valence-corrected chi connectivity index (χ3v) is 3.40. The van der Waals surface area contributed by atoms with Crippen molar-refractivity contribution in [3.8, 4) is 11.5 Å². The van der Waals surface area contributed by atoms with Crippen LogP contribution in [0, 0.1) is 0 Å². The summed E-state index contributed by atoms with van der Waals surface area (Å²) in [4.78, 5) is 10.9. The summed E-state index contributed by atoms with van der Waals surface area (Å²) in [5, 5.41) is 8.92. The molecule has 3 N–H and O–H groups in total. The maximum atomic E-state index is 10.9. The van der Waals surface area contributed by atoms with Crippen LogP contribution in [0.15, 0.2) is 42.5 Å². The molecule has 0 radical (unpaired) electrons. The maximum Gasteiger partial charge on any atom is 0.337 e. The van der Waals surface area contributed by atoms with E-state index in [-0.39, 0.29) is 17.4 Å². The number of nitrogen functional groups attached to an aromatic ring is 1. The number of anilines is 1. The van der Waals surface area contributed by atoms with Crippen molar-refractivity contribution in [2.24, 2.45) is 0 Å². The van der Waals surface area contributed by atoms with E-state index in [4.69, 9.17) is 20.3 Å². The Morgan fingerprint density at radius 3 is 2.86 bits per heavy atom. The van der Waals surface area contributed by atoms with Crippen molar-refractivity contribution < 1.29 is 19.4 Å². The van der Waals surface area contributed by atoms with Crippen LogP contribution < -0.4 is 15.2 Å². The Morgan fingerprint density at radius 1 is 1.33 bits per heavy atom. The number of carboxylic acids is 1. The summed E-state index contributed by atoms with van der Waals surface area (Å²) in [6.07, 6.45) is 0.765. The molecule has 2 aromatic rings. The predicted octanol–water partition coefficient (Wildman–Crippen LogP) is 2.35. The number of rotatable bonds is 4. The van der Waals surface area contributed by atoms with Gasteiger partial charge in [0, 0.05) is 18.2 Å². The summed E-state index contributed by atoms with van der Waals surface area (Å²) in [5.74, 6) is 0.387. The molecule has 0 amide bonds. The van der Waals surface area contributed by atoms with Crippen molar-refractivity contribution in [3.05, 3.63) is 53.6 Å². The molecule has 5 nitrogen and oxygen atoms in total. The van der Waals surface area contributed by atoms with E-state index in [9.17, 15) is 4.79 Å². The Hall–Kier alpha value is -2.69. The molecular weight excluding hydrogens is 270 g/mol. The first-order valence-corrected chi connectivity index (χ1v) is 6.63. The molecule has 0 saturated heterocycles. The second-order valence-electron chi connectivity index (χ2n) is 4.92. The monoisotopic (exact) mass is 285 g/mol. The fourth-order valence-corrected chi connectivity index (χ4v) is 2.36. The lowest BCUT2D eigenvalue weighted by Crippen LogP contribution is -2.22. The van der Waals surface area contributed by atoms with Crippen LogP contribution in [0.5, 0.6) is 11.5 Å². The zero-order valence-corrected chi connectivity index (χ0v) is 11.3. The van der Waals surface area contributed by atoms with Crippen molar-refractivity contribution in [2.75, 3.05) is 12.3 Å². The molecular formula is C16H15NO4. The highest BCUT2D eigenvalue weighted by molar-refractivity contribution is 5.93. The van der Waals surface area contributed by atoms with Gasteiger partial charge in [-0.2, -0.15) is 0 Å². The average molecular weight is 285 g/mol. The van der Waals surface area contributed by atoms with E-state index >= 15 is 0 Å². The SMILES string of the molecule is Nc1cc(OCC2Cc3ccccc3O2)ccc1C(=O)O. The van der Waals surface area contributed by atoms with Gasteiger partial charge in [-0.25, -0.2) is 4.79 Å². The summed E-state index contributed by atoms with van der Waals surface area (Å²) >= 11 is 0. The smallest absolute Gasteiger partial charge is 0.337 e. The van der Waals surface area contributed by atoms with Gasteiger partial charge < -0.3 is 20.3 Å². The molecule has 108 valence electrons. The van der Waals surface area contributed by atoms with Crippen molar-refractivity contribution in [1.82, 2.24) is 0 Å². The minimum absolute atomic E-state index is 0.0391. The highest BCUT2D eigenvalue weighted by Gasteiger charge is 2.22. The number of ether oxygens (including phenoxy) is 2. The number of para-hydroxylation sites is 1. The van der Waals surface area contributed by atoms with E-state index in [0.717, 1.165) is 12.2 Å². The van der Waals surface area contributed by atoms with Gasteiger partial charge in [0.2, 0.25) is 0 Å². The van der Waals surface area contributed by atoms with E-state index in [2.05, 4.69) is 0 Å². The molecule has 21 heavy (non-hydrogen) atoms. The van der Waals surface area contributed by atoms with Crippen LogP contribution in [0.2, 0.25) is 0 Å². The molecule has 0 saturated carbocycles. The van der Waals surface area contributed by atoms with Gasteiger partial charge in [-0.05, 0) is 23.8 Å². The number of carboxylic acid groups (broad SMARTS) is 1. The largest absolute Gasteiger partial charge is 0.490 e. The Labute approximate surface area is 121 Å². The standard InChI is InChI=1S/C16H15NO4/c17-14-8-11(5-6-13(14)16(18)19)20-9-12-7-10-3-1-2-4-15(10)21-12/h1-6,8,12H,7,9,17H2,(H,18,19). The van der Waals surface area contributed by atoms with E-state index in [1.165, 1.54) is 17.7 Å². The van der Waals surface area contributed by atoms with Crippen LogP contribution in [0.3, 0.4) is 0 Å². The lowest BCUT2D eigenvalue weighted by molar-refractivity contribution is 0.0698. The van der Waals surface area contributed by atoms with Crippen LogP contribution in [-0.2, 0) is 6.42 Å². The van der Waals surface area contributed by atoms with Gasteiger partial charge >= 0.3 is 5.97 Å². The number of aromatic carboxylic acids is 1. The van der Waals surface area contributed by atoms with Gasteiger partial charge in [0.15, 0.2) is 0 Å². The van der Waals surface area contributed by atoms with Crippen molar-refractivity contribution >= 4 is 11.7 Å². The lowest BCUT2D eigenvalue weighted by atomic mass is 10.1. The molecule has 5 heteroatoms. The fourth-order valence-electron chi connectivity index (χ4n) is 2.36. The molecule has 0 aromatic heterocycles. The molecule has 0 bridgehead atoms. The molecule has 1 unspecified atom stereocenters. The third kappa shape index (κ3) is 2.76. The first-order chi connectivity index (χ1) is 10.1. The van der Waals surface area contributed by atoms with Gasteiger partial charge in [0.25, 0.3) is 0 Å². The fraction of sp³-hybridized carbons (Fsp3) is 0.188. The summed E-state index contributed by atoms with van der Waals surface area (Å²) in [6.45, 7) is 0.389. The molecule has 3 rings (SSSR count). The summed E-state index contributed by atoms with van der Waals surface area (Å²) in [5.41, 5.74) is 7.12. The lowest BCUT2D eigenvalue weighted by Gasteiger charge is -2.13. The second-order valence-corrected chi connectivity index (χ2v) is 4.92. The second kappa shape index (κ2) is 5.36. The molecule has 2 aromatic carbocycles. The molecule has 0 fully saturated rings. The first kappa shape index (κ1) is 13.3. The van der Waals surface area contributed by atoms with Crippen LogP contribution in [0.4, 0.5) is 5.69 Å². The zero-order valence-electron chi connectivity index (χ0n) is 11.3. The average Bonchev–Trinajstić information content (AvgIpc) is 2.87. The number of benzene rings is 2. The topological polar surface area (TPSA) is 81.8 Å². The summed E-state index contributed by atoms with van der Waals surface area (Å²) < 4.78 is 11.4. The molecule has 0 aliphatic carbocycles. The van der Waals surface area contributed by atoms with Crippen LogP contribution >= 0.6 is 0 Å². The Kier molecular flexibility index (Phi) is 3.39. The number of hydrogen-bond donors (Lipinski definition) is 2. The molecule has 1 aliphatic rings. The highest BCUT2D eigenvalue weighted by Crippen LogP contribution is 2.28. The number of hydrogen-bond acceptors (Lipinski definition) is 4. The molecule has 1 aliphatic heterocycles. The number of carbonyl (C=O) groups is 1. The van der Waals surface area contributed by atoms with Crippen LogP contribution in [0.1, 0.15) is 15.9 Å². The van der Waals surface area contributed by atoms with Crippen molar-refractivity contribution in [1.29, 1.82) is 0 Å². The zero-order chi connectivity index (χ0) is 14.8. The van der Waals surface area contributed by atoms with Crippen molar-refractivity contribution in [2.45, 2.75) is 12.5 Å². The Balaban J connectivity index is 1.62. The third-order valence-electron chi connectivity index (χ3n) is 3.40. The summed E-state index contributed by atoms with van der Waals surface area (Å²) in [6, 6.07) is 12.5. The first-order valence-electron chi connectivity index (χ1n) is 6.63. The number of nitrogens with two attached hydrogens (primary N) is 1. The van der Waals surface area contributed by atoms with E-state index in [0.29, 0.717) is 12.4 Å². The Morgan fingerprint density at radius 2 is 2.14 bits per heavy atom. The molecule has 1 atom stereocenters. The van der Waals surface area contributed by atoms with E-state index < -0.39 is 5.97 Å². The normalized spacial score (nSPS) is 16.1. The van der Waals surface area contributed by atoms with Crippen LogP contribution in [0.25, 0.3) is 0 Å². The van der Waals surface area contributed by atoms with Gasteiger partial charge in [0.1, 0.15) is 24.2 Å². The van der Waals surface area contributed by atoms with Gasteiger partial charge in [0.05, 0.1) is 5.56 Å². The molecule has 0 spiro atoms. The molecule has 1 heterocycles. The summed E-state index contributed by atoms with van der Waals surface area (Å²) in [7, 11) is 0. The predicted molar refractivity (Wildman–Crippen MR) is 77.9 cm³/mol.